The fourth-order valence-corrected chi connectivity index (χ4v) is 1.99. The second-order valence-corrected chi connectivity index (χ2v) is 4.06. The van der Waals surface area contributed by atoms with E-state index in [4.69, 9.17) is 0 Å². The van der Waals surface area contributed by atoms with Gasteiger partial charge >= 0.3 is 0 Å². The summed E-state index contributed by atoms with van der Waals surface area (Å²) in [6, 6.07) is 2.12. The molecule has 2 heterocycles. The summed E-state index contributed by atoms with van der Waals surface area (Å²) >= 11 is 0. The predicted octanol–water partition coefficient (Wildman–Crippen LogP) is 1.10. The Morgan fingerprint density at radius 3 is 3.21 bits per heavy atom. The molecule has 1 aliphatic heterocycles. The minimum Gasteiger partial charge on any atom is -0.367 e. The molecule has 78 valence electrons. The Labute approximate surface area is 85.3 Å². The molecule has 0 bridgehead atoms. The van der Waals surface area contributed by atoms with Crippen molar-refractivity contribution in [1.29, 1.82) is 0 Å². The van der Waals surface area contributed by atoms with Crippen LogP contribution in [0.3, 0.4) is 0 Å². The smallest absolute Gasteiger partial charge is 0.0220 e. The molecule has 1 aromatic rings. The molecule has 1 fully saturated rings. The monoisotopic (exact) mass is 193 g/mol. The maximum atomic E-state index is 3.50. The molecule has 1 aromatic heterocycles. The van der Waals surface area contributed by atoms with Crippen LogP contribution in [0.1, 0.15) is 18.4 Å². The lowest BCUT2D eigenvalue weighted by molar-refractivity contribution is 0.360. The number of nitrogens with one attached hydrogen (secondary N) is 3. The highest BCUT2D eigenvalue weighted by Crippen LogP contribution is 2.08. The first-order valence-electron chi connectivity index (χ1n) is 5.48. The average Bonchev–Trinajstić information content (AvgIpc) is 2.72. The normalized spacial score (nSPS) is 22.4. The molecule has 0 aliphatic carbocycles. The molecule has 14 heavy (non-hydrogen) atoms. The average molecular weight is 193 g/mol. The van der Waals surface area contributed by atoms with Crippen molar-refractivity contribution < 1.29 is 0 Å². The lowest BCUT2D eigenvalue weighted by Gasteiger charge is -2.22. The number of hydrogen-bond acceptors (Lipinski definition) is 2. The summed E-state index contributed by atoms with van der Waals surface area (Å²) in [4.78, 5) is 3.07. The summed E-state index contributed by atoms with van der Waals surface area (Å²) in [5, 5.41) is 6.93. The first-order chi connectivity index (χ1) is 6.95. The van der Waals surface area contributed by atoms with Gasteiger partial charge in [-0.05, 0) is 50.0 Å². The van der Waals surface area contributed by atoms with E-state index in [9.17, 15) is 0 Å². The highest BCUT2D eigenvalue weighted by molar-refractivity contribution is 5.07. The molecule has 0 spiro atoms. The van der Waals surface area contributed by atoms with Crippen LogP contribution in [0.5, 0.6) is 0 Å². The van der Waals surface area contributed by atoms with E-state index in [1.807, 2.05) is 12.4 Å². The summed E-state index contributed by atoms with van der Waals surface area (Å²) in [5.74, 6) is 0.822. The van der Waals surface area contributed by atoms with Crippen molar-refractivity contribution in [3.63, 3.8) is 0 Å². The van der Waals surface area contributed by atoms with Crippen LogP contribution in [0.4, 0.5) is 0 Å². The van der Waals surface area contributed by atoms with E-state index in [1.54, 1.807) is 0 Å². The minimum absolute atomic E-state index is 0.822. The molecule has 1 atom stereocenters. The van der Waals surface area contributed by atoms with Gasteiger partial charge in [-0.2, -0.15) is 0 Å². The Bertz CT molecular complexity index is 237. The summed E-state index contributed by atoms with van der Waals surface area (Å²) < 4.78 is 0. The molecule has 3 heteroatoms. The highest BCUT2D eigenvalue weighted by atomic mass is 14.9. The lowest BCUT2D eigenvalue weighted by Crippen LogP contribution is -2.35. The van der Waals surface area contributed by atoms with Gasteiger partial charge in [0, 0.05) is 18.9 Å². The summed E-state index contributed by atoms with van der Waals surface area (Å²) in [6.07, 6.45) is 6.72. The van der Waals surface area contributed by atoms with Crippen LogP contribution in [0.25, 0.3) is 0 Å². The topological polar surface area (TPSA) is 39.8 Å². The first-order valence-corrected chi connectivity index (χ1v) is 5.48. The Hall–Kier alpha value is -0.800. The van der Waals surface area contributed by atoms with Crippen LogP contribution in [-0.4, -0.2) is 24.6 Å². The van der Waals surface area contributed by atoms with Gasteiger partial charge in [0.15, 0.2) is 0 Å². The lowest BCUT2D eigenvalue weighted by atomic mass is 10.00. The van der Waals surface area contributed by atoms with Gasteiger partial charge in [-0.1, -0.05) is 0 Å². The number of piperidine rings is 1. The van der Waals surface area contributed by atoms with E-state index < -0.39 is 0 Å². The van der Waals surface area contributed by atoms with Crippen molar-refractivity contribution in [3.8, 4) is 0 Å². The van der Waals surface area contributed by atoms with Crippen molar-refractivity contribution in [2.24, 2.45) is 5.92 Å². The van der Waals surface area contributed by atoms with E-state index in [1.165, 1.54) is 31.5 Å². The van der Waals surface area contributed by atoms with Gasteiger partial charge in [-0.25, -0.2) is 0 Å². The fourth-order valence-electron chi connectivity index (χ4n) is 1.99. The van der Waals surface area contributed by atoms with E-state index >= 15 is 0 Å². The van der Waals surface area contributed by atoms with Crippen LogP contribution >= 0.6 is 0 Å². The van der Waals surface area contributed by atoms with Gasteiger partial charge in [-0.15, -0.1) is 0 Å². The molecule has 1 saturated heterocycles. The van der Waals surface area contributed by atoms with Crippen molar-refractivity contribution in [3.05, 3.63) is 24.0 Å². The molecule has 0 saturated carbocycles. The largest absolute Gasteiger partial charge is 0.367 e. The van der Waals surface area contributed by atoms with Crippen LogP contribution < -0.4 is 10.6 Å². The van der Waals surface area contributed by atoms with Crippen molar-refractivity contribution in [2.75, 3.05) is 19.6 Å². The summed E-state index contributed by atoms with van der Waals surface area (Å²) in [6.45, 7) is 4.51. The third-order valence-electron chi connectivity index (χ3n) is 2.82. The maximum Gasteiger partial charge on any atom is 0.0220 e. The van der Waals surface area contributed by atoms with E-state index in [2.05, 4.69) is 21.7 Å². The fraction of sp³-hybridized carbons (Fsp3) is 0.636. The third-order valence-corrected chi connectivity index (χ3v) is 2.82. The standard InChI is InChI=1S/C11H19N3/c1-2-10(6-12-4-1)8-14-9-11-3-5-13-7-11/h3,5,7,10,12-14H,1-2,4,6,8-9H2. The highest BCUT2D eigenvalue weighted by Gasteiger charge is 2.11. The molecule has 0 amide bonds. The molecule has 3 nitrogen and oxygen atoms in total. The number of aromatic nitrogens is 1. The van der Waals surface area contributed by atoms with Gasteiger partial charge < -0.3 is 15.6 Å². The Morgan fingerprint density at radius 1 is 1.50 bits per heavy atom. The molecule has 3 N–H and O–H groups in total. The van der Waals surface area contributed by atoms with Crippen LogP contribution in [0.2, 0.25) is 0 Å². The Kier molecular flexibility index (Phi) is 3.60. The van der Waals surface area contributed by atoms with Gasteiger partial charge in [-0.3, -0.25) is 0 Å². The zero-order valence-electron chi connectivity index (χ0n) is 8.55. The molecule has 0 aromatic carbocycles. The maximum absolute atomic E-state index is 3.50. The van der Waals surface area contributed by atoms with Crippen molar-refractivity contribution in [2.45, 2.75) is 19.4 Å². The Balaban J connectivity index is 1.62. The van der Waals surface area contributed by atoms with Gasteiger partial charge in [0.1, 0.15) is 0 Å². The Morgan fingerprint density at radius 2 is 2.50 bits per heavy atom. The zero-order chi connectivity index (χ0) is 9.64. The number of rotatable bonds is 4. The predicted molar refractivity (Wildman–Crippen MR) is 58.1 cm³/mol. The van der Waals surface area contributed by atoms with Crippen molar-refractivity contribution >= 4 is 0 Å². The second kappa shape index (κ2) is 5.17. The second-order valence-electron chi connectivity index (χ2n) is 4.06. The van der Waals surface area contributed by atoms with Crippen LogP contribution in [0, 0.1) is 5.92 Å². The van der Waals surface area contributed by atoms with E-state index in [0.717, 1.165) is 19.0 Å². The third kappa shape index (κ3) is 2.86. The quantitative estimate of drug-likeness (QED) is 0.670. The SMILES string of the molecule is c1cc(CNCC2CCCNC2)c[nH]1. The van der Waals surface area contributed by atoms with E-state index in [-0.39, 0.29) is 0 Å². The molecule has 0 radical (unpaired) electrons. The van der Waals surface area contributed by atoms with Crippen LogP contribution in [-0.2, 0) is 6.54 Å². The van der Waals surface area contributed by atoms with Gasteiger partial charge in [0.05, 0.1) is 0 Å². The molecule has 1 aliphatic rings. The summed E-state index contributed by atoms with van der Waals surface area (Å²) in [5.41, 5.74) is 1.34. The van der Waals surface area contributed by atoms with Gasteiger partial charge in [0.2, 0.25) is 0 Å². The molecule has 2 rings (SSSR count). The summed E-state index contributed by atoms with van der Waals surface area (Å²) in [7, 11) is 0. The number of aromatic amines is 1. The number of H-pyrrole nitrogens is 1. The molecular weight excluding hydrogens is 174 g/mol. The first kappa shape index (κ1) is 9.74. The van der Waals surface area contributed by atoms with E-state index in [0.29, 0.717) is 0 Å². The van der Waals surface area contributed by atoms with Gasteiger partial charge in [0.25, 0.3) is 0 Å². The zero-order valence-corrected chi connectivity index (χ0v) is 8.55. The van der Waals surface area contributed by atoms with Crippen molar-refractivity contribution in [1.82, 2.24) is 15.6 Å². The van der Waals surface area contributed by atoms with Crippen LogP contribution in [0.15, 0.2) is 18.5 Å². The minimum atomic E-state index is 0.822. The molecular formula is C11H19N3. The molecule has 1 unspecified atom stereocenters. The number of hydrogen-bond donors (Lipinski definition) is 3.